The summed E-state index contributed by atoms with van der Waals surface area (Å²) in [7, 11) is 0. The van der Waals surface area contributed by atoms with Gasteiger partial charge in [-0.15, -0.1) is 0 Å². The first-order valence-electron chi connectivity index (χ1n) is 6.14. The molecular formula is C13H19N3O. The minimum absolute atomic E-state index is 0.216. The molecule has 1 amide bonds. The van der Waals surface area contributed by atoms with Crippen LogP contribution in [0, 0.1) is 6.92 Å². The molecule has 1 fully saturated rings. The van der Waals surface area contributed by atoms with E-state index in [0.717, 1.165) is 19.6 Å². The van der Waals surface area contributed by atoms with Crippen LogP contribution in [0.5, 0.6) is 0 Å². The number of pyridine rings is 1. The third-order valence-corrected chi connectivity index (χ3v) is 3.29. The second-order valence-corrected chi connectivity index (χ2v) is 4.43. The predicted octanol–water partition coefficient (Wildman–Crippen LogP) is 1.27. The first kappa shape index (κ1) is 12.0. The average Bonchev–Trinajstić information content (AvgIpc) is 2.38. The van der Waals surface area contributed by atoms with E-state index in [1.54, 1.807) is 6.20 Å². The summed E-state index contributed by atoms with van der Waals surface area (Å²) in [5, 5.41) is 3.45. The van der Waals surface area contributed by atoms with Crippen molar-refractivity contribution in [3.8, 4) is 0 Å². The maximum Gasteiger partial charge on any atom is 0.222 e. The number of hydrogen-bond donors (Lipinski definition) is 1. The predicted molar refractivity (Wildman–Crippen MR) is 66.6 cm³/mol. The molecule has 0 spiro atoms. The van der Waals surface area contributed by atoms with Gasteiger partial charge in [-0.2, -0.15) is 0 Å². The maximum absolute atomic E-state index is 11.7. The van der Waals surface area contributed by atoms with Gasteiger partial charge < -0.3 is 10.2 Å². The molecular weight excluding hydrogens is 214 g/mol. The minimum Gasteiger partial charge on any atom is -0.340 e. The van der Waals surface area contributed by atoms with Gasteiger partial charge in [0.15, 0.2) is 0 Å². The fourth-order valence-electron chi connectivity index (χ4n) is 2.25. The lowest BCUT2D eigenvalue weighted by Gasteiger charge is -2.34. The lowest BCUT2D eigenvalue weighted by Crippen LogP contribution is -2.48. The zero-order valence-electron chi connectivity index (χ0n) is 10.4. The Morgan fingerprint density at radius 3 is 3.18 bits per heavy atom. The van der Waals surface area contributed by atoms with Crippen molar-refractivity contribution in [3.05, 3.63) is 29.6 Å². The highest BCUT2D eigenvalue weighted by Gasteiger charge is 2.24. The van der Waals surface area contributed by atoms with E-state index < -0.39 is 0 Å². The van der Waals surface area contributed by atoms with Crippen molar-refractivity contribution in [2.45, 2.75) is 26.3 Å². The van der Waals surface area contributed by atoms with Crippen LogP contribution < -0.4 is 5.32 Å². The van der Waals surface area contributed by atoms with Gasteiger partial charge >= 0.3 is 0 Å². The van der Waals surface area contributed by atoms with Crippen LogP contribution in [0.2, 0.25) is 0 Å². The normalized spacial score (nSPS) is 20.4. The van der Waals surface area contributed by atoms with E-state index in [-0.39, 0.29) is 11.9 Å². The Morgan fingerprint density at radius 1 is 1.65 bits per heavy atom. The first-order valence-corrected chi connectivity index (χ1v) is 6.14. The molecule has 1 atom stereocenters. The Balaban J connectivity index is 2.12. The number of amides is 1. The number of hydrogen-bond acceptors (Lipinski definition) is 3. The molecule has 1 aliphatic rings. The number of carbonyl (C=O) groups is 1. The van der Waals surface area contributed by atoms with Crippen LogP contribution >= 0.6 is 0 Å². The van der Waals surface area contributed by atoms with Crippen LogP contribution in [0.3, 0.4) is 0 Å². The van der Waals surface area contributed by atoms with Crippen LogP contribution in [-0.4, -0.2) is 35.4 Å². The smallest absolute Gasteiger partial charge is 0.222 e. The molecule has 2 heterocycles. The Bertz CT molecular complexity index is 405. The summed E-state index contributed by atoms with van der Waals surface area (Å²) in [6.45, 7) is 6.40. The van der Waals surface area contributed by atoms with Crippen LogP contribution in [0.25, 0.3) is 0 Å². The van der Waals surface area contributed by atoms with Crippen molar-refractivity contribution >= 4 is 5.91 Å². The van der Waals surface area contributed by atoms with Crippen LogP contribution in [0.15, 0.2) is 18.5 Å². The fourth-order valence-corrected chi connectivity index (χ4v) is 2.25. The second-order valence-electron chi connectivity index (χ2n) is 4.43. The minimum atomic E-state index is 0.216. The molecule has 1 unspecified atom stereocenters. The number of rotatable bonds is 2. The van der Waals surface area contributed by atoms with E-state index in [1.165, 1.54) is 11.1 Å². The van der Waals surface area contributed by atoms with Crippen molar-refractivity contribution in [2.75, 3.05) is 19.6 Å². The number of aromatic nitrogens is 1. The average molecular weight is 233 g/mol. The number of nitrogens with one attached hydrogen (secondary N) is 1. The second kappa shape index (κ2) is 5.27. The Labute approximate surface area is 102 Å². The van der Waals surface area contributed by atoms with E-state index >= 15 is 0 Å². The molecule has 2 rings (SSSR count). The van der Waals surface area contributed by atoms with Crippen molar-refractivity contribution in [1.82, 2.24) is 15.2 Å². The molecule has 0 bridgehead atoms. The molecule has 1 aliphatic heterocycles. The number of piperazine rings is 1. The Hall–Kier alpha value is -1.42. The van der Waals surface area contributed by atoms with Crippen molar-refractivity contribution in [1.29, 1.82) is 0 Å². The summed E-state index contributed by atoms with van der Waals surface area (Å²) in [5.41, 5.74) is 2.42. The van der Waals surface area contributed by atoms with Gasteiger partial charge in [0.05, 0.1) is 6.04 Å². The quantitative estimate of drug-likeness (QED) is 0.836. The highest BCUT2D eigenvalue weighted by Crippen LogP contribution is 2.20. The molecule has 0 aromatic carbocycles. The van der Waals surface area contributed by atoms with Crippen LogP contribution in [0.1, 0.15) is 30.5 Å². The lowest BCUT2D eigenvalue weighted by molar-refractivity contribution is -0.132. The summed E-state index contributed by atoms with van der Waals surface area (Å²) in [4.78, 5) is 17.8. The monoisotopic (exact) mass is 233 g/mol. The molecule has 1 aromatic rings. The molecule has 92 valence electrons. The highest BCUT2D eigenvalue weighted by molar-refractivity contribution is 5.76. The summed E-state index contributed by atoms with van der Waals surface area (Å²) in [6.07, 6.45) is 4.28. The standard InChI is InChI=1S/C13H19N3O/c1-3-13(17)16-7-6-15-12(9-16)11-8-14-5-4-10(11)2/h4-5,8,12,15H,3,6-7,9H2,1-2H3. The zero-order chi connectivity index (χ0) is 12.3. The highest BCUT2D eigenvalue weighted by atomic mass is 16.2. The first-order chi connectivity index (χ1) is 8.22. The van der Waals surface area contributed by atoms with Crippen LogP contribution in [-0.2, 0) is 4.79 Å². The molecule has 1 saturated heterocycles. The van der Waals surface area contributed by atoms with E-state index in [1.807, 2.05) is 24.1 Å². The number of aryl methyl sites for hydroxylation is 1. The topological polar surface area (TPSA) is 45.2 Å². The molecule has 0 radical (unpaired) electrons. The van der Waals surface area contributed by atoms with Gasteiger partial charge in [0, 0.05) is 38.4 Å². The van der Waals surface area contributed by atoms with Crippen molar-refractivity contribution in [3.63, 3.8) is 0 Å². The fraction of sp³-hybridized carbons (Fsp3) is 0.538. The van der Waals surface area contributed by atoms with Gasteiger partial charge in [-0.25, -0.2) is 0 Å². The Morgan fingerprint density at radius 2 is 2.47 bits per heavy atom. The van der Waals surface area contributed by atoms with Crippen LogP contribution in [0.4, 0.5) is 0 Å². The molecule has 4 nitrogen and oxygen atoms in total. The number of nitrogens with zero attached hydrogens (tertiary/aromatic N) is 2. The summed E-state index contributed by atoms with van der Waals surface area (Å²) >= 11 is 0. The summed E-state index contributed by atoms with van der Waals surface area (Å²) in [6, 6.07) is 2.23. The number of carbonyl (C=O) groups excluding carboxylic acids is 1. The van der Waals surface area contributed by atoms with Crippen molar-refractivity contribution in [2.24, 2.45) is 0 Å². The summed E-state index contributed by atoms with van der Waals surface area (Å²) in [5.74, 6) is 0.234. The molecule has 0 aliphatic carbocycles. The van der Waals surface area contributed by atoms with E-state index in [2.05, 4.69) is 17.2 Å². The molecule has 1 N–H and O–H groups in total. The van der Waals surface area contributed by atoms with Gasteiger partial charge in [-0.3, -0.25) is 9.78 Å². The van der Waals surface area contributed by atoms with E-state index in [0.29, 0.717) is 6.42 Å². The SMILES string of the molecule is CCC(=O)N1CCNC(c2cnccc2C)C1. The van der Waals surface area contributed by atoms with E-state index in [9.17, 15) is 4.79 Å². The van der Waals surface area contributed by atoms with Gasteiger partial charge in [0.2, 0.25) is 5.91 Å². The van der Waals surface area contributed by atoms with E-state index in [4.69, 9.17) is 0 Å². The molecule has 4 heteroatoms. The molecule has 1 aromatic heterocycles. The van der Waals surface area contributed by atoms with Gasteiger partial charge in [0.25, 0.3) is 0 Å². The van der Waals surface area contributed by atoms with Crippen molar-refractivity contribution < 1.29 is 4.79 Å². The van der Waals surface area contributed by atoms with Gasteiger partial charge in [-0.1, -0.05) is 6.92 Å². The zero-order valence-corrected chi connectivity index (χ0v) is 10.4. The van der Waals surface area contributed by atoms with Gasteiger partial charge in [-0.05, 0) is 24.1 Å². The third-order valence-electron chi connectivity index (χ3n) is 3.29. The largest absolute Gasteiger partial charge is 0.340 e. The summed E-state index contributed by atoms with van der Waals surface area (Å²) < 4.78 is 0. The third kappa shape index (κ3) is 2.64. The lowest BCUT2D eigenvalue weighted by atomic mass is 10.0. The van der Waals surface area contributed by atoms with Gasteiger partial charge in [0.1, 0.15) is 0 Å². The Kier molecular flexibility index (Phi) is 3.74. The maximum atomic E-state index is 11.7. The molecule has 17 heavy (non-hydrogen) atoms. The molecule has 0 saturated carbocycles.